The van der Waals surface area contributed by atoms with E-state index in [1.165, 1.54) is 0 Å². The number of nitrogen functional groups attached to an aromatic ring is 1. The van der Waals surface area contributed by atoms with Crippen LogP contribution in [0.25, 0.3) is 10.8 Å². The molecule has 0 saturated carbocycles. The van der Waals surface area contributed by atoms with E-state index < -0.39 is 0 Å². The maximum Gasteiger partial charge on any atom is 0.135 e. The first kappa shape index (κ1) is 12.6. The Morgan fingerprint density at radius 2 is 2.11 bits per heavy atom. The second-order valence-electron chi connectivity index (χ2n) is 4.69. The number of aromatic nitrogens is 1. The van der Waals surface area contributed by atoms with Gasteiger partial charge in [0.2, 0.25) is 0 Å². The molecule has 4 nitrogen and oxygen atoms in total. The van der Waals surface area contributed by atoms with Crippen molar-refractivity contribution in [3.8, 4) is 0 Å². The fourth-order valence-corrected chi connectivity index (χ4v) is 1.99. The van der Waals surface area contributed by atoms with Crippen LogP contribution in [0.15, 0.2) is 30.5 Å². The summed E-state index contributed by atoms with van der Waals surface area (Å²) in [6, 6.07) is 7.91. The van der Waals surface area contributed by atoms with Crippen LogP contribution in [0.4, 0.5) is 11.5 Å². The van der Waals surface area contributed by atoms with Gasteiger partial charge in [-0.15, -0.1) is 0 Å². The molecule has 0 spiro atoms. The molecule has 1 aromatic heterocycles. The van der Waals surface area contributed by atoms with Gasteiger partial charge in [-0.3, -0.25) is 0 Å². The first-order valence-electron chi connectivity index (χ1n) is 6.20. The summed E-state index contributed by atoms with van der Waals surface area (Å²) in [6.07, 6.45) is 2.90. The highest BCUT2D eigenvalue weighted by molar-refractivity contribution is 6.00. The van der Waals surface area contributed by atoms with Crippen LogP contribution in [0.3, 0.4) is 0 Å². The first-order valence-corrected chi connectivity index (χ1v) is 6.20. The van der Waals surface area contributed by atoms with Crippen molar-refractivity contribution in [3.63, 3.8) is 0 Å². The van der Waals surface area contributed by atoms with E-state index in [1.807, 2.05) is 24.4 Å². The summed E-state index contributed by atoms with van der Waals surface area (Å²) < 4.78 is 0. The van der Waals surface area contributed by atoms with E-state index in [9.17, 15) is 0 Å². The number of nitrogens with two attached hydrogens (primary N) is 1. The monoisotopic (exact) mass is 244 g/mol. The molecule has 1 heterocycles. The molecule has 0 saturated heterocycles. The van der Waals surface area contributed by atoms with Crippen LogP contribution in [0, 0.1) is 0 Å². The predicted molar refractivity (Wildman–Crippen MR) is 77.8 cm³/mol. The van der Waals surface area contributed by atoms with Gasteiger partial charge in [-0.1, -0.05) is 12.1 Å². The smallest absolute Gasteiger partial charge is 0.135 e. The Morgan fingerprint density at radius 1 is 1.28 bits per heavy atom. The highest BCUT2D eigenvalue weighted by Gasteiger charge is 2.04. The molecule has 0 amide bonds. The van der Waals surface area contributed by atoms with Crippen molar-refractivity contribution in [2.75, 3.05) is 38.2 Å². The molecule has 0 aliphatic rings. The molecule has 18 heavy (non-hydrogen) atoms. The number of anilines is 2. The van der Waals surface area contributed by atoms with Crippen molar-refractivity contribution in [1.82, 2.24) is 9.88 Å². The number of hydrogen-bond donors (Lipinski definition) is 2. The van der Waals surface area contributed by atoms with Crippen molar-refractivity contribution < 1.29 is 0 Å². The van der Waals surface area contributed by atoms with Crippen LogP contribution < -0.4 is 11.1 Å². The molecule has 96 valence electrons. The number of nitrogens with one attached hydrogen (secondary N) is 1. The zero-order chi connectivity index (χ0) is 13.0. The Hall–Kier alpha value is -1.81. The van der Waals surface area contributed by atoms with Crippen molar-refractivity contribution >= 4 is 22.3 Å². The molecular formula is C14H20N4. The molecular weight excluding hydrogens is 224 g/mol. The van der Waals surface area contributed by atoms with E-state index in [-0.39, 0.29) is 0 Å². The van der Waals surface area contributed by atoms with Gasteiger partial charge in [0.1, 0.15) is 5.82 Å². The molecule has 3 N–H and O–H groups in total. The topological polar surface area (TPSA) is 54.2 Å². The summed E-state index contributed by atoms with van der Waals surface area (Å²) in [6.45, 7) is 1.96. The largest absolute Gasteiger partial charge is 0.398 e. The minimum absolute atomic E-state index is 0.774. The number of hydrogen-bond acceptors (Lipinski definition) is 4. The fourth-order valence-electron chi connectivity index (χ4n) is 1.99. The van der Waals surface area contributed by atoms with Gasteiger partial charge in [0, 0.05) is 23.8 Å². The van der Waals surface area contributed by atoms with Gasteiger partial charge in [-0.2, -0.15) is 0 Å². The Morgan fingerprint density at radius 3 is 2.89 bits per heavy atom. The second-order valence-corrected chi connectivity index (χ2v) is 4.69. The minimum atomic E-state index is 0.774. The lowest BCUT2D eigenvalue weighted by Gasteiger charge is -2.12. The summed E-state index contributed by atoms with van der Waals surface area (Å²) in [5.41, 5.74) is 6.80. The van der Waals surface area contributed by atoms with Gasteiger partial charge in [0.05, 0.1) is 0 Å². The third-order valence-corrected chi connectivity index (χ3v) is 2.90. The predicted octanol–water partition coefficient (Wildman–Crippen LogP) is 2.18. The van der Waals surface area contributed by atoms with Crippen molar-refractivity contribution in [2.24, 2.45) is 0 Å². The lowest BCUT2D eigenvalue weighted by atomic mass is 10.1. The van der Waals surface area contributed by atoms with Gasteiger partial charge < -0.3 is 16.0 Å². The number of fused-ring (bicyclic) bond motifs is 1. The summed E-state index contributed by atoms with van der Waals surface area (Å²) in [4.78, 5) is 6.55. The molecule has 0 atom stereocenters. The zero-order valence-electron chi connectivity index (χ0n) is 11.0. The Balaban J connectivity index is 2.13. The maximum atomic E-state index is 6.02. The number of benzene rings is 1. The highest BCUT2D eigenvalue weighted by Crippen LogP contribution is 2.26. The van der Waals surface area contributed by atoms with Gasteiger partial charge >= 0.3 is 0 Å². The number of pyridine rings is 1. The lowest BCUT2D eigenvalue weighted by Crippen LogP contribution is -2.16. The summed E-state index contributed by atoms with van der Waals surface area (Å²) in [5.74, 6) is 0.879. The third-order valence-electron chi connectivity index (χ3n) is 2.90. The van der Waals surface area contributed by atoms with E-state index in [2.05, 4.69) is 35.4 Å². The molecule has 0 bridgehead atoms. The molecule has 0 radical (unpaired) electrons. The summed E-state index contributed by atoms with van der Waals surface area (Å²) in [5, 5.41) is 5.51. The van der Waals surface area contributed by atoms with Gasteiger partial charge in [-0.05, 0) is 44.6 Å². The van der Waals surface area contributed by atoms with E-state index in [0.717, 1.165) is 41.8 Å². The van der Waals surface area contributed by atoms with Crippen LogP contribution in [0.5, 0.6) is 0 Å². The van der Waals surface area contributed by atoms with Gasteiger partial charge in [0.15, 0.2) is 0 Å². The highest BCUT2D eigenvalue weighted by atomic mass is 15.1. The molecule has 0 unspecified atom stereocenters. The summed E-state index contributed by atoms with van der Waals surface area (Å²) in [7, 11) is 4.16. The van der Waals surface area contributed by atoms with Crippen molar-refractivity contribution in [3.05, 3.63) is 30.5 Å². The number of rotatable bonds is 5. The Labute approximate surface area is 108 Å². The number of nitrogens with zero attached hydrogens (tertiary/aromatic N) is 2. The van der Waals surface area contributed by atoms with Crippen LogP contribution in [0.1, 0.15) is 6.42 Å². The van der Waals surface area contributed by atoms with E-state index >= 15 is 0 Å². The Bertz CT molecular complexity index is 517. The van der Waals surface area contributed by atoms with Crippen LogP contribution in [-0.2, 0) is 0 Å². The normalized spacial score (nSPS) is 11.1. The molecule has 0 aliphatic heterocycles. The molecule has 0 aliphatic carbocycles. The second kappa shape index (κ2) is 5.69. The van der Waals surface area contributed by atoms with E-state index in [0.29, 0.717) is 0 Å². The molecule has 2 rings (SSSR count). The molecule has 4 heteroatoms. The average molecular weight is 244 g/mol. The molecule has 1 aromatic carbocycles. The molecule has 0 fully saturated rings. The van der Waals surface area contributed by atoms with Gasteiger partial charge in [-0.25, -0.2) is 4.98 Å². The van der Waals surface area contributed by atoms with Crippen LogP contribution >= 0.6 is 0 Å². The van der Waals surface area contributed by atoms with E-state index in [4.69, 9.17) is 5.73 Å². The van der Waals surface area contributed by atoms with Crippen molar-refractivity contribution in [2.45, 2.75) is 6.42 Å². The maximum absolute atomic E-state index is 6.02. The lowest BCUT2D eigenvalue weighted by molar-refractivity contribution is 0.405. The average Bonchev–Trinajstić information content (AvgIpc) is 2.34. The fraction of sp³-hybridized carbons (Fsp3) is 0.357. The summed E-state index contributed by atoms with van der Waals surface area (Å²) >= 11 is 0. The van der Waals surface area contributed by atoms with E-state index in [1.54, 1.807) is 0 Å². The third kappa shape index (κ3) is 2.90. The van der Waals surface area contributed by atoms with Crippen molar-refractivity contribution in [1.29, 1.82) is 0 Å². The minimum Gasteiger partial charge on any atom is -0.398 e. The quantitative estimate of drug-likeness (QED) is 0.625. The Kier molecular flexibility index (Phi) is 3.99. The first-order chi connectivity index (χ1) is 8.68. The zero-order valence-corrected chi connectivity index (χ0v) is 11.0. The van der Waals surface area contributed by atoms with Gasteiger partial charge in [0.25, 0.3) is 0 Å². The van der Waals surface area contributed by atoms with Crippen LogP contribution in [-0.4, -0.2) is 37.1 Å². The standard InChI is InChI=1S/C14H20N4/c1-18(2)10-4-8-16-14-13-11(7-9-17-14)5-3-6-12(13)15/h3,5-7,9H,4,8,10,15H2,1-2H3,(H,16,17). The molecule has 2 aromatic rings. The SMILES string of the molecule is CN(C)CCCNc1nccc2cccc(N)c12. The van der Waals surface area contributed by atoms with Crippen LogP contribution in [0.2, 0.25) is 0 Å².